The largest absolute Gasteiger partial charge is 0.490 e. The van der Waals surface area contributed by atoms with E-state index in [0.29, 0.717) is 47.7 Å². The van der Waals surface area contributed by atoms with E-state index in [9.17, 15) is 43.1 Å². The Morgan fingerprint density at radius 1 is 0.947 bits per heavy atom. The van der Waals surface area contributed by atoms with Crippen molar-refractivity contribution in [3.63, 3.8) is 0 Å². The molecule has 0 spiro atoms. The smallest absolute Gasteiger partial charge is 0.469 e. The van der Waals surface area contributed by atoms with Crippen molar-refractivity contribution in [2.45, 2.75) is 109 Å². The number of carbonyl (C=O) groups is 4. The molecular weight excluding hydrogens is 1310 g/mol. The average molecular weight is 1390 g/mol. The Bertz CT molecular complexity index is 3880. The summed E-state index contributed by atoms with van der Waals surface area (Å²) in [4.78, 5) is 106. The Morgan fingerprint density at radius 3 is 2.47 bits per heavy atom. The second-order valence-corrected chi connectivity index (χ2v) is 29.9. The van der Waals surface area contributed by atoms with Gasteiger partial charge in [0.1, 0.15) is 59.1 Å². The number of carbonyl (C=O) groups excluding carboxylic acids is 4. The summed E-state index contributed by atoms with van der Waals surface area (Å²) in [6.07, 6.45) is 1.09. The second kappa shape index (κ2) is 36.0. The molecule has 0 saturated carbocycles. The van der Waals surface area contributed by atoms with Crippen molar-refractivity contribution in [2.24, 2.45) is 4.99 Å². The van der Waals surface area contributed by atoms with Gasteiger partial charge in [-0.05, 0) is 100 Å². The molecule has 0 radical (unpaired) electrons. The first-order valence-electron chi connectivity index (χ1n) is 30.6. The maximum absolute atomic E-state index is 14.3. The summed E-state index contributed by atoms with van der Waals surface area (Å²) in [6.45, 7) is 17.5. The highest BCUT2D eigenvalue weighted by Crippen LogP contribution is 2.44. The van der Waals surface area contributed by atoms with E-state index in [0.717, 1.165) is 55.4 Å². The van der Waals surface area contributed by atoms with Crippen LogP contribution in [0.3, 0.4) is 0 Å². The van der Waals surface area contributed by atoms with Crippen LogP contribution in [0.5, 0.6) is 5.75 Å². The summed E-state index contributed by atoms with van der Waals surface area (Å²) in [5.74, 6) is 5.19. The molecule has 29 heteroatoms. The Hall–Kier alpha value is -6.58. The molecule has 3 heterocycles. The number of nitrogens with zero attached hydrogens (tertiary/aromatic N) is 3. The molecular formula is C65H83N8O16PS4. The number of ether oxygens (including phenoxy) is 5. The van der Waals surface area contributed by atoms with Gasteiger partial charge < -0.3 is 64.1 Å². The summed E-state index contributed by atoms with van der Waals surface area (Å²) in [7, 11) is 2.84. The highest BCUT2D eigenvalue weighted by Gasteiger charge is 2.40. The molecule has 508 valence electrons. The lowest BCUT2D eigenvalue weighted by Crippen LogP contribution is -2.35. The molecule has 5 atom stereocenters. The fourth-order valence-corrected chi connectivity index (χ4v) is 13.8. The van der Waals surface area contributed by atoms with E-state index in [2.05, 4.69) is 82.4 Å². The number of H-pyrrole nitrogens is 1. The highest BCUT2D eigenvalue weighted by atomic mass is 33.1. The number of hydrogen-bond acceptors (Lipinski definition) is 20. The van der Waals surface area contributed by atoms with E-state index in [1.807, 2.05) is 63.4 Å². The minimum absolute atomic E-state index is 0.0632. The maximum Gasteiger partial charge on any atom is 0.469 e. The first-order chi connectivity index (χ1) is 44.8. The van der Waals surface area contributed by atoms with Crippen LogP contribution in [0.15, 0.2) is 98.0 Å². The van der Waals surface area contributed by atoms with Crippen LogP contribution in [0.2, 0.25) is 0 Å². The number of nitrogens with one attached hydrogen (secondary N) is 5. The third-order valence-electron chi connectivity index (χ3n) is 14.2. The van der Waals surface area contributed by atoms with Crippen LogP contribution >= 0.6 is 51.0 Å². The summed E-state index contributed by atoms with van der Waals surface area (Å²) in [5.41, 5.74) is 4.62. The highest BCUT2D eigenvalue weighted by molar-refractivity contribution is 8.77. The lowest BCUT2D eigenvalue weighted by atomic mass is 9.89. The van der Waals surface area contributed by atoms with Gasteiger partial charge in [-0.1, -0.05) is 100 Å². The molecule has 1 saturated heterocycles. The predicted octanol–water partition coefficient (Wildman–Crippen LogP) is 8.65. The fraction of sp³-hybridized carbons (Fsp3) is 0.462. The molecule has 0 bridgehead atoms. The number of aryl methyl sites for hydroxylation is 2. The van der Waals surface area contributed by atoms with Crippen LogP contribution in [0, 0.1) is 25.7 Å². The SMILES string of the molecule is CCN=c1cc2oc3cc(NCC)c(C)cc3c(-c3ccccc3C(=O)N(C)CCCC(=O)NCCNC(=O)c3cccc(OCC(OCCOCC(=O)NCC#Cc4cn([C@H]5C[C@@H](O[C@H](C)SSC)[C@@H](COP(=O)(O)O)O5)c(=O)[nH]c4=O)SSC(C)(C)C)c3)c-2cc1C. The number of phosphoric ester groups is 1. The number of phosphoric acid groups is 1. The summed E-state index contributed by atoms with van der Waals surface area (Å²) in [6, 6.07) is 22.5. The number of rotatable bonds is 33. The molecule has 3 aliphatic rings. The van der Waals surface area contributed by atoms with Gasteiger partial charge in [0.05, 0.1) is 37.8 Å². The van der Waals surface area contributed by atoms with Crippen LogP contribution < -0.4 is 42.6 Å². The lowest BCUT2D eigenvalue weighted by Gasteiger charge is -2.22. The molecule has 7 N–H and O–H groups in total. The van der Waals surface area contributed by atoms with Gasteiger partial charge in [-0.15, -0.1) is 0 Å². The molecule has 4 amide bonds. The van der Waals surface area contributed by atoms with Gasteiger partial charge in [0.2, 0.25) is 11.8 Å². The van der Waals surface area contributed by atoms with Crippen molar-refractivity contribution in [3.8, 4) is 40.0 Å². The zero-order chi connectivity index (χ0) is 68.1. The zero-order valence-corrected chi connectivity index (χ0v) is 58.5. The van der Waals surface area contributed by atoms with Crippen molar-refractivity contribution in [3.05, 3.63) is 133 Å². The zero-order valence-electron chi connectivity index (χ0n) is 54.3. The van der Waals surface area contributed by atoms with E-state index in [4.69, 9.17) is 33.1 Å². The maximum atomic E-state index is 14.3. The van der Waals surface area contributed by atoms with E-state index >= 15 is 0 Å². The van der Waals surface area contributed by atoms with Crippen molar-refractivity contribution < 1.29 is 66.2 Å². The van der Waals surface area contributed by atoms with Gasteiger partial charge in [0, 0.05) is 109 Å². The van der Waals surface area contributed by atoms with E-state index in [1.54, 1.807) is 53.9 Å². The van der Waals surface area contributed by atoms with Gasteiger partial charge in [-0.25, -0.2) is 9.36 Å². The molecule has 24 nitrogen and oxygen atoms in total. The molecule has 1 fully saturated rings. The van der Waals surface area contributed by atoms with Crippen molar-refractivity contribution in [2.75, 3.05) is 90.9 Å². The summed E-state index contributed by atoms with van der Waals surface area (Å²) >= 11 is 0. The number of aromatic amines is 1. The molecule has 94 heavy (non-hydrogen) atoms. The first kappa shape index (κ1) is 74.8. The minimum Gasteiger partial charge on any atom is -0.490 e. The van der Waals surface area contributed by atoms with Crippen molar-refractivity contribution in [1.29, 1.82) is 0 Å². The third-order valence-corrected chi connectivity index (χ3v) is 20.2. The number of benzene rings is 4. The molecule has 2 aliphatic heterocycles. The standard InChI is InChI=1S/C65H83N8O16PS4/c1-11-66-50-33-52-48(30-40(50)3)60(49-31-41(4)51(67-12-2)34-53(49)88-52)46-21-13-14-22-47(46)63(78)72(9)27-17-23-56(74)69-25-26-70-61(76)43-18-15-20-45(32-43)85-39-59(93-94-65(6,7)8)84-29-28-83-38-57(75)68-24-16-19-44-36-73(64(79)71-62(44)77)58-35-54(87-42(5)92-91-10)55(89-58)37-86-90(80,81)82/h13-15,18,20-22,30-34,36,42,54-55,58-59,66H,11-12,17,23-29,35,37-39H2,1-10H3,(H,68,75)(H,69,74)(H,70,76)(H,71,77,79)(H2,80,81,82)/t42-,54+,55+,58+,59?/m0/s1. The van der Waals surface area contributed by atoms with E-state index in [1.165, 1.54) is 38.6 Å². The van der Waals surface area contributed by atoms with Crippen molar-refractivity contribution in [1.82, 2.24) is 30.4 Å². The van der Waals surface area contributed by atoms with Gasteiger partial charge in [-0.3, -0.25) is 43.0 Å². The number of fused-ring (bicyclic) bond motifs is 2. The Kier molecular flexibility index (Phi) is 28.6. The van der Waals surface area contributed by atoms with Crippen LogP contribution in [0.1, 0.15) is 104 Å². The van der Waals surface area contributed by atoms with Crippen LogP contribution in [0.25, 0.3) is 33.4 Å². The predicted molar refractivity (Wildman–Crippen MR) is 370 cm³/mol. The topological polar surface area (TPSA) is 313 Å². The second-order valence-electron chi connectivity index (χ2n) is 22.7. The lowest BCUT2D eigenvalue weighted by molar-refractivity contribution is -0.126. The molecule has 3 aromatic carbocycles. The Morgan fingerprint density at radius 2 is 1.72 bits per heavy atom. The molecule has 1 aromatic heterocycles. The molecule has 4 aromatic rings. The Balaban J connectivity index is 0.829. The van der Waals surface area contributed by atoms with Gasteiger partial charge in [-0.2, -0.15) is 0 Å². The van der Waals surface area contributed by atoms with Gasteiger partial charge in [0.15, 0.2) is 0 Å². The molecule has 7 rings (SSSR count). The normalized spacial score (nSPS) is 15.7. The van der Waals surface area contributed by atoms with Gasteiger partial charge >= 0.3 is 13.5 Å². The monoisotopic (exact) mass is 1390 g/mol. The Labute approximate surface area is 562 Å². The first-order valence-corrected chi connectivity index (χ1v) is 37.0. The molecule has 1 unspecified atom stereocenters. The number of anilines is 1. The number of amides is 4. The number of hydrogen-bond donors (Lipinski definition) is 7. The summed E-state index contributed by atoms with van der Waals surface area (Å²) in [5, 5.41) is 13.5. The fourth-order valence-electron chi connectivity index (χ4n) is 9.90. The third kappa shape index (κ3) is 22.5. The quantitative estimate of drug-likeness (QED) is 0.00506. The van der Waals surface area contributed by atoms with Crippen LogP contribution in [-0.2, 0) is 37.6 Å². The average Bonchev–Trinajstić information content (AvgIpc) is 0.897. The van der Waals surface area contributed by atoms with Gasteiger partial charge in [0.25, 0.3) is 17.4 Å². The minimum atomic E-state index is -4.84. The van der Waals surface area contributed by atoms with E-state index < -0.39 is 55.5 Å². The van der Waals surface area contributed by atoms with Crippen LogP contribution in [0.4, 0.5) is 5.69 Å². The van der Waals surface area contributed by atoms with Crippen LogP contribution in [-0.4, -0.2) is 161 Å². The molecule has 1 aliphatic carbocycles. The van der Waals surface area contributed by atoms with E-state index in [-0.39, 0.29) is 92.4 Å². The number of aromatic nitrogens is 2. The summed E-state index contributed by atoms with van der Waals surface area (Å²) < 4.78 is 53.4. The van der Waals surface area contributed by atoms with Crippen molar-refractivity contribution >= 4 is 91.3 Å².